The Morgan fingerprint density at radius 3 is 2.95 bits per heavy atom. The smallest absolute Gasteiger partial charge is 0.207 e. The highest BCUT2D eigenvalue weighted by molar-refractivity contribution is 5.86. The van der Waals surface area contributed by atoms with Crippen LogP contribution in [0.4, 0.5) is 0 Å². The molecule has 0 saturated carbocycles. The van der Waals surface area contributed by atoms with Gasteiger partial charge in [0.25, 0.3) is 0 Å². The van der Waals surface area contributed by atoms with E-state index in [1.807, 2.05) is 0 Å². The molecule has 1 atom stereocenters. The lowest BCUT2D eigenvalue weighted by molar-refractivity contribution is -0.109. The number of nitrogens with one attached hydrogen (secondary N) is 1. The van der Waals surface area contributed by atoms with Crippen molar-refractivity contribution in [2.24, 2.45) is 0 Å². The Morgan fingerprint density at radius 1 is 1.38 bits per heavy atom. The average molecular weight is 284 g/mol. The summed E-state index contributed by atoms with van der Waals surface area (Å²) in [5.41, 5.74) is 4.57. The van der Waals surface area contributed by atoms with E-state index in [4.69, 9.17) is 0 Å². The van der Waals surface area contributed by atoms with Gasteiger partial charge in [-0.25, -0.2) is 0 Å². The van der Waals surface area contributed by atoms with Crippen LogP contribution < -0.4 is 5.32 Å². The molecule has 1 aliphatic rings. The maximum Gasteiger partial charge on any atom is 0.207 e. The Bertz CT molecular complexity index is 626. The third-order valence-corrected chi connectivity index (χ3v) is 5.02. The van der Waals surface area contributed by atoms with Gasteiger partial charge in [0.2, 0.25) is 6.41 Å². The average Bonchev–Trinajstić information content (AvgIpc) is 2.83. The maximum absolute atomic E-state index is 10.5. The van der Waals surface area contributed by atoms with Crippen LogP contribution in [0.3, 0.4) is 0 Å². The Labute approximate surface area is 126 Å². The number of amides is 1. The van der Waals surface area contributed by atoms with Gasteiger partial charge in [-0.1, -0.05) is 25.1 Å². The number of aromatic nitrogens is 1. The van der Waals surface area contributed by atoms with Crippen LogP contribution in [0.5, 0.6) is 0 Å². The normalized spacial score (nSPS) is 21.2. The van der Waals surface area contributed by atoms with Crippen LogP contribution in [0.15, 0.2) is 24.3 Å². The fraction of sp³-hybridized carbons (Fsp3) is 0.500. The van der Waals surface area contributed by atoms with Crippen molar-refractivity contribution < 1.29 is 4.79 Å². The van der Waals surface area contributed by atoms with Crippen molar-refractivity contribution in [3.05, 3.63) is 35.5 Å². The van der Waals surface area contributed by atoms with Gasteiger partial charge < -0.3 is 9.88 Å². The zero-order valence-electron chi connectivity index (χ0n) is 13.0. The molecule has 1 aliphatic carbocycles. The molecule has 21 heavy (non-hydrogen) atoms. The minimum absolute atomic E-state index is 0.165. The van der Waals surface area contributed by atoms with Gasteiger partial charge in [0.1, 0.15) is 0 Å². The maximum atomic E-state index is 10.5. The molecule has 0 spiro atoms. The van der Waals surface area contributed by atoms with Crippen molar-refractivity contribution in [2.45, 2.75) is 51.5 Å². The summed E-state index contributed by atoms with van der Waals surface area (Å²) in [7, 11) is 0. The van der Waals surface area contributed by atoms with Gasteiger partial charge in [-0.2, -0.15) is 0 Å². The number of rotatable bonds is 5. The molecular formula is C18H24N2O. The monoisotopic (exact) mass is 284 g/mol. The standard InChI is InChI=1S/C18H24N2O/c1-3-20-16-9-5-4-7-14(16)15-8-6-10-18(2,17(15)20)11-12-19-13-21/h4-5,7,9,13H,3,6,8,10-12H2,1-2H3,(H,19,21). The second-order valence-corrected chi connectivity index (χ2v) is 6.32. The van der Waals surface area contributed by atoms with Crippen molar-refractivity contribution in [3.63, 3.8) is 0 Å². The topological polar surface area (TPSA) is 34.0 Å². The molecule has 1 aromatic carbocycles. The molecule has 112 valence electrons. The van der Waals surface area contributed by atoms with Crippen LogP contribution in [0.1, 0.15) is 44.4 Å². The minimum Gasteiger partial charge on any atom is -0.359 e. The van der Waals surface area contributed by atoms with Crippen LogP contribution in [-0.2, 0) is 23.2 Å². The Balaban J connectivity index is 2.13. The molecule has 1 aromatic heterocycles. The number of carbonyl (C=O) groups excluding carboxylic acids is 1. The van der Waals surface area contributed by atoms with E-state index < -0.39 is 0 Å². The summed E-state index contributed by atoms with van der Waals surface area (Å²) < 4.78 is 2.49. The van der Waals surface area contributed by atoms with Crippen molar-refractivity contribution >= 4 is 17.3 Å². The molecule has 1 heterocycles. The van der Waals surface area contributed by atoms with Crippen molar-refractivity contribution in [3.8, 4) is 0 Å². The first kappa shape index (κ1) is 14.2. The lowest BCUT2D eigenvalue weighted by Gasteiger charge is -2.36. The van der Waals surface area contributed by atoms with Gasteiger partial charge in [-0.15, -0.1) is 0 Å². The van der Waals surface area contributed by atoms with E-state index in [1.54, 1.807) is 0 Å². The zero-order valence-corrected chi connectivity index (χ0v) is 13.0. The molecule has 3 rings (SSSR count). The number of fused-ring (bicyclic) bond motifs is 3. The Hall–Kier alpha value is -1.77. The fourth-order valence-corrected chi connectivity index (χ4v) is 4.07. The first-order valence-electron chi connectivity index (χ1n) is 7.99. The molecule has 2 aromatic rings. The summed E-state index contributed by atoms with van der Waals surface area (Å²) in [4.78, 5) is 10.5. The van der Waals surface area contributed by atoms with Gasteiger partial charge in [0, 0.05) is 35.1 Å². The van der Waals surface area contributed by atoms with E-state index in [9.17, 15) is 4.79 Å². The molecule has 0 saturated heterocycles. The second kappa shape index (κ2) is 5.55. The number of nitrogens with zero attached hydrogens (tertiary/aromatic N) is 1. The van der Waals surface area contributed by atoms with E-state index in [-0.39, 0.29) is 5.41 Å². The summed E-state index contributed by atoms with van der Waals surface area (Å²) in [5, 5.41) is 4.25. The van der Waals surface area contributed by atoms with E-state index in [0.717, 1.165) is 25.9 Å². The number of hydrogen-bond acceptors (Lipinski definition) is 1. The van der Waals surface area contributed by atoms with Gasteiger partial charge in [-0.3, -0.25) is 4.79 Å². The van der Waals surface area contributed by atoms with Gasteiger partial charge in [0.15, 0.2) is 0 Å². The number of aryl methyl sites for hydroxylation is 2. The minimum atomic E-state index is 0.165. The summed E-state index contributed by atoms with van der Waals surface area (Å²) in [6, 6.07) is 8.77. The molecule has 1 unspecified atom stereocenters. The second-order valence-electron chi connectivity index (χ2n) is 6.32. The SMILES string of the molecule is CCn1c2c(c3ccccc31)CCCC2(C)CCNC=O. The van der Waals surface area contributed by atoms with Crippen LogP contribution in [-0.4, -0.2) is 17.5 Å². The molecule has 3 nitrogen and oxygen atoms in total. The lowest BCUT2D eigenvalue weighted by atomic mass is 9.72. The predicted octanol–water partition coefficient (Wildman–Crippen LogP) is 3.39. The zero-order chi connectivity index (χ0) is 14.9. The van der Waals surface area contributed by atoms with Crippen LogP contribution in [0.2, 0.25) is 0 Å². The van der Waals surface area contributed by atoms with E-state index >= 15 is 0 Å². The molecular weight excluding hydrogens is 260 g/mol. The summed E-state index contributed by atoms with van der Waals surface area (Å²) in [6.07, 6.45) is 5.44. The van der Waals surface area contributed by atoms with E-state index in [2.05, 4.69) is 48.0 Å². The van der Waals surface area contributed by atoms with Crippen molar-refractivity contribution in [1.82, 2.24) is 9.88 Å². The summed E-state index contributed by atoms with van der Waals surface area (Å²) in [6.45, 7) is 6.35. The Morgan fingerprint density at radius 2 is 2.19 bits per heavy atom. The van der Waals surface area contributed by atoms with E-state index in [1.165, 1.54) is 41.4 Å². The van der Waals surface area contributed by atoms with Crippen LogP contribution in [0, 0.1) is 0 Å². The van der Waals surface area contributed by atoms with Gasteiger partial charge in [-0.05, 0) is 44.2 Å². The first-order valence-corrected chi connectivity index (χ1v) is 7.99. The van der Waals surface area contributed by atoms with Gasteiger partial charge >= 0.3 is 0 Å². The Kier molecular flexibility index (Phi) is 3.75. The number of hydrogen-bond donors (Lipinski definition) is 1. The van der Waals surface area contributed by atoms with Crippen LogP contribution in [0.25, 0.3) is 10.9 Å². The first-order chi connectivity index (χ1) is 10.2. The third-order valence-electron chi connectivity index (χ3n) is 5.02. The predicted molar refractivity (Wildman–Crippen MR) is 86.6 cm³/mol. The summed E-state index contributed by atoms with van der Waals surface area (Å²) in [5.74, 6) is 0. The highest BCUT2D eigenvalue weighted by atomic mass is 16.1. The van der Waals surface area contributed by atoms with E-state index in [0.29, 0.717) is 0 Å². The van der Waals surface area contributed by atoms with Gasteiger partial charge in [0.05, 0.1) is 0 Å². The number of benzene rings is 1. The molecule has 0 radical (unpaired) electrons. The van der Waals surface area contributed by atoms with Crippen molar-refractivity contribution in [2.75, 3.05) is 6.54 Å². The fourth-order valence-electron chi connectivity index (χ4n) is 4.07. The molecule has 0 fully saturated rings. The van der Waals surface area contributed by atoms with Crippen molar-refractivity contribution in [1.29, 1.82) is 0 Å². The quantitative estimate of drug-likeness (QED) is 0.663. The molecule has 0 bridgehead atoms. The highest BCUT2D eigenvalue weighted by Gasteiger charge is 2.36. The molecule has 1 N–H and O–H groups in total. The lowest BCUT2D eigenvalue weighted by Crippen LogP contribution is -2.33. The molecule has 3 heteroatoms. The third kappa shape index (κ3) is 2.25. The largest absolute Gasteiger partial charge is 0.359 e. The van der Waals surface area contributed by atoms with Crippen LogP contribution >= 0.6 is 0 Å². The molecule has 1 amide bonds. The highest BCUT2D eigenvalue weighted by Crippen LogP contribution is 2.44. The number of para-hydroxylation sites is 1. The number of carbonyl (C=O) groups is 1. The summed E-state index contributed by atoms with van der Waals surface area (Å²) >= 11 is 0. The molecule has 0 aliphatic heterocycles.